The van der Waals surface area contributed by atoms with Gasteiger partial charge in [-0.25, -0.2) is 0 Å². The van der Waals surface area contributed by atoms with Gasteiger partial charge < -0.3 is 14.8 Å². The summed E-state index contributed by atoms with van der Waals surface area (Å²) < 4.78 is 11.7. The van der Waals surface area contributed by atoms with Gasteiger partial charge in [-0.05, 0) is 25.1 Å². The summed E-state index contributed by atoms with van der Waals surface area (Å²) in [6, 6.07) is 8.20. The van der Waals surface area contributed by atoms with E-state index in [-0.39, 0.29) is 6.10 Å². The Morgan fingerprint density at radius 2 is 2.06 bits per heavy atom. The Labute approximate surface area is 96.8 Å². The van der Waals surface area contributed by atoms with Gasteiger partial charge >= 0.3 is 0 Å². The van der Waals surface area contributed by atoms with E-state index in [4.69, 9.17) is 9.47 Å². The standard InChI is InChI=1S/C13H19NO2/c1-3-10(14-4-2)13-9-15-11-7-5-6-8-12(11)16-13/h5-8,10,13-14H,3-4,9H2,1-2H3. The number of nitrogens with one attached hydrogen (secondary N) is 1. The van der Waals surface area contributed by atoms with E-state index in [0.29, 0.717) is 12.6 Å². The smallest absolute Gasteiger partial charge is 0.161 e. The second kappa shape index (κ2) is 5.21. The maximum Gasteiger partial charge on any atom is 0.161 e. The van der Waals surface area contributed by atoms with Gasteiger partial charge in [-0.2, -0.15) is 0 Å². The van der Waals surface area contributed by atoms with E-state index >= 15 is 0 Å². The summed E-state index contributed by atoms with van der Waals surface area (Å²) in [7, 11) is 0. The van der Waals surface area contributed by atoms with Crippen LogP contribution >= 0.6 is 0 Å². The van der Waals surface area contributed by atoms with Crippen LogP contribution in [-0.4, -0.2) is 25.3 Å². The van der Waals surface area contributed by atoms with Crippen LogP contribution in [0.25, 0.3) is 0 Å². The Hall–Kier alpha value is -1.22. The molecule has 0 saturated heterocycles. The molecule has 1 heterocycles. The van der Waals surface area contributed by atoms with Gasteiger partial charge in [0.25, 0.3) is 0 Å². The summed E-state index contributed by atoms with van der Waals surface area (Å²) >= 11 is 0. The normalized spacial score (nSPS) is 20.5. The lowest BCUT2D eigenvalue weighted by Crippen LogP contribution is -2.47. The van der Waals surface area contributed by atoms with Crippen molar-refractivity contribution in [1.82, 2.24) is 5.32 Å². The summed E-state index contributed by atoms with van der Waals surface area (Å²) in [5, 5.41) is 3.43. The van der Waals surface area contributed by atoms with Crippen LogP contribution in [0.2, 0.25) is 0 Å². The van der Waals surface area contributed by atoms with Gasteiger partial charge in [0.05, 0.1) is 0 Å². The topological polar surface area (TPSA) is 30.5 Å². The van der Waals surface area contributed by atoms with Crippen LogP contribution in [0.5, 0.6) is 11.5 Å². The third kappa shape index (κ3) is 2.30. The van der Waals surface area contributed by atoms with Crippen LogP contribution < -0.4 is 14.8 Å². The molecule has 1 aromatic carbocycles. The number of likely N-dealkylation sites (N-methyl/N-ethyl adjacent to an activating group) is 1. The second-order valence-electron chi connectivity index (χ2n) is 3.99. The number of benzene rings is 1. The fraction of sp³-hybridized carbons (Fsp3) is 0.538. The van der Waals surface area contributed by atoms with Crippen molar-refractivity contribution in [2.24, 2.45) is 0 Å². The number of fused-ring (bicyclic) bond motifs is 1. The molecule has 0 aromatic heterocycles. The molecule has 0 aliphatic carbocycles. The Bertz CT molecular complexity index is 340. The van der Waals surface area contributed by atoms with Gasteiger partial charge in [0.15, 0.2) is 11.5 Å². The minimum atomic E-state index is 0.111. The minimum absolute atomic E-state index is 0.111. The zero-order chi connectivity index (χ0) is 11.4. The lowest BCUT2D eigenvalue weighted by molar-refractivity contribution is 0.0613. The van der Waals surface area contributed by atoms with Crippen LogP contribution in [0, 0.1) is 0 Å². The fourth-order valence-electron chi connectivity index (χ4n) is 2.03. The molecule has 1 aliphatic heterocycles. The highest BCUT2D eigenvalue weighted by atomic mass is 16.6. The van der Waals surface area contributed by atoms with Crippen LogP contribution in [0.1, 0.15) is 20.3 Å². The van der Waals surface area contributed by atoms with E-state index < -0.39 is 0 Å². The fourth-order valence-corrected chi connectivity index (χ4v) is 2.03. The van der Waals surface area contributed by atoms with Crippen LogP contribution in [0.3, 0.4) is 0 Å². The van der Waals surface area contributed by atoms with E-state index in [1.807, 2.05) is 24.3 Å². The summed E-state index contributed by atoms with van der Waals surface area (Å²) in [6.45, 7) is 5.86. The highest BCUT2D eigenvalue weighted by Crippen LogP contribution is 2.31. The van der Waals surface area contributed by atoms with Gasteiger partial charge in [0, 0.05) is 6.04 Å². The molecule has 2 atom stereocenters. The van der Waals surface area contributed by atoms with Crippen molar-refractivity contribution in [2.75, 3.05) is 13.2 Å². The van der Waals surface area contributed by atoms with Crippen molar-refractivity contribution in [3.05, 3.63) is 24.3 Å². The first-order valence-electron chi connectivity index (χ1n) is 5.97. The van der Waals surface area contributed by atoms with Crippen molar-refractivity contribution in [2.45, 2.75) is 32.4 Å². The van der Waals surface area contributed by atoms with E-state index in [1.54, 1.807) is 0 Å². The zero-order valence-electron chi connectivity index (χ0n) is 9.90. The Kier molecular flexibility index (Phi) is 3.67. The highest BCUT2D eigenvalue weighted by molar-refractivity contribution is 5.40. The van der Waals surface area contributed by atoms with E-state index in [9.17, 15) is 0 Å². The minimum Gasteiger partial charge on any atom is -0.486 e. The molecule has 1 N–H and O–H groups in total. The van der Waals surface area contributed by atoms with E-state index in [2.05, 4.69) is 19.2 Å². The number of ether oxygens (including phenoxy) is 2. The quantitative estimate of drug-likeness (QED) is 0.845. The Morgan fingerprint density at radius 3 is 2.75 bits per heavy atom. The number of hydrogen-bond donors (Lipinski definition) is 1. The van der Waals surface area contributed by atoms with Gasteiger partial charge in [0.1, 0.15) is 12.7 Å². The van der Waals surface area contributed by atoms with Crippen LogP contribution in [0.4, 0.5) is 0 Å². The molecule has 2 unspecified atom stereocenters. The molecule has 0 amide bonds. The second-order valence-corrected chi connectivity index (χ2v) is 3.99. The summed E-state index contributed by atoms with van der Waals surface area (Å²) in [6.07, 6.45) is 1.16. The molecular formula is C13H19NO2. The Balaban J connectivity index is 2.06. The predicted molar refractivity (Wildman–Crippen MR) is 64.1 cm³/mol. The molecule has 1 aliphatic rings. The van der Waals surface area contributed by atoms with Gasteiger partial charge in [-0.3, -0.25) is 0 Å². The molecule has 0 bridgehead atoms. The number of rotatable bonds is 4. The summed E-state index contributed by atoms with van der Waals surface area (Å²) in [5.74, 6) is 1.71. The first-order valence-corrected chi connectivity index (χ1v) is 5.97. The van der Waals surface area contributed by atoms with Crippen molar-refractivity contribution in [1.29, 1.82) is 0 Å². The molecule has 0 saturated carbocycles. The molecule has 16 heavy (non-hydrogen) atoms. The third-order valence-electron chi connectivity index (χ3n) is 2.89. The predicted octanol–water partition coefficient (Wildman–Crippen LogP) is 2.21. The highest BCUT2D eigenvalue weighted by Gasteiger charge is 2.26. The maximum absolute atomic E-state index is 5.95. The van der Waals surface area contributed by atoms with E-state index in [0.717, 1.165) is 24.5 Å². The summed E-state index contributed by atoms with van der Waals surface area (Å²) in [5.41, 5.74) is 0. The van der Waals surface area contributed by atoms with Gasteiger partial charge in [-0.1, -0.05) is 26.0 Å². The molecule has 0 fully saturated rings. The number of para-hydroxylation sites is 2. The Morgan fingerprint density at radius 1 is 1.31 bits per heavy atom. The van der Waals surface area contributed by atoms with E-state index in [1.165, 1.54) is 0 Å². The number of hydrogen-bond acceptors (Lipinski definition) is 3. The average Bonchev–Trinajstić information content (AvgIpc) is 2.35. The molecule has 0 radical (unpaired) electrons. The lowest BCUT2D eigenvalue weighted by Gasteiger charge is -2.32. The summed E-state index contributed by atoms with van der Waals surface area (Å²) in [4.78, 5) is 0. The molecule has 3 heteroatoms. The average molecular weight is 221 g/mol. The monoisotopic (exact) mass is 221 g/mol. The molecular weight excluding hydrogens is 202 g/mol. The largest absolute Gasteiger partial charge is 0.486 e. The molecule has 2 rings (SSSR count). The maximum atomic E-state index is 5.95. The molecule has 3 nitrogen and oxygen atoms in total. The molecule has 1 aromatic rings. The van der Waals surface area contributed by atoms with Crippen molar-refractivity contribution in [3.8, 4) is 11.5 Å². The van der Waals surface area contributed by atoms with Crippen LogP contribution in [0.15, 0.2) is 24.3 Å². The SMILES string of the molecule is CCNC(CC)C1COc2ccccc2O1. The first-order chi connectivity index (χ1) is 7.85. The van der Waals surface area contributed by atoms with Gasteiger partial charge in [-0.15, -0.1) is 0 Å². The first kappa shape index (κ1) is 11.3. The van der Waals surface area contributed by atoms with Crippen LogP contribution in [-0.2, 0) is 0 Å². The third-order valence-corrected chi connectivity index (χ3v) is 2.89. The molecule has 88 valence electrons. The zero-order valence-corrected chi connectivity index (χ0v) is 9.90. The van der Waals surface area contributed by atoms with Crippen molar-refractivity contribution in [3.63, 3.8) is 0 Å². The van der Waals surface area contributed by atoms with Crippen molar-refractivity contribution < 1.29 is 9.47 Å². The lowest BCUT2D eigenvalue weighted by atomic mass is 10.1. The molecule has 0 spiro atoms. The van der Waals surface area contributed by atoms with Gasteiger partial charge in [0.2, 0.25) is 0 Å². The van der Waals surface area contributed by atoms with Crippen molar-refractivity contribution >= 4 is 0 Å².